The summed E-state index contributed by atoms with van der Waals surface area (Å²) in [6, 6.07) is 8.43. The zero-order chi connectivity index (χ0) is 18.8. The van der Waals surface area contributed by atoms with Crippen LogP contribution in [0, 0.1) is 6.92 Å². The molecule has 3 aromatic rings. The van der Waals surface area contributed by atoms with Gasteiger partial charge in [0.05, 0.1) is 23.3 Å². The number of aromatic nitrogens is 5. The van der Waals surface area contributed by atoms with Crippen molar-refractivity contribution in [1.29, 1.82) is 0 Å². The normalized spacial score (nSPS) is 19.8. The second kappa shape index (κ2) is 7.30. The second-order valence-electron chi connectivity index (χ2n) is 6.69. The maximum absolute atomic E-state index is 13.9. The lowest BCUT2D eigenvalue weighted by Gasteiger charge is -2.25. The molecule has 1 aliphatic rings. The van der Waals surface area contributed by atoms with E-state index in [9.17, 15) is 9.50 Å². The molecule has 2 heterocycles. The molecule has 7 nitrogen and oxygen atoms in total. The van der Waals surface area contributed by atoms with Crippen molar-refractivity contribution in [1.82, 2.24) is 25.2 Å². The Bertz CT molecular complexity index is 928. The molecule has 0 radical (unpaired) electrons. The Morgan fingerprint density at radius 2 is 2.00 bits per heavy atom. The summed E-state index contributed by atoms with van der Waals surface area (Å²) in [6.45, 7) is 1.84. The number of rotatable bonds is 4. The predicted molar refractivity (Wildman–Crippen MR) is 96.6 cm³/mol. The van der Waals surface area contributed by atoms with Gasteiger partial charge in [-0.1, -0.05) is 6.42 Å². The fraction of sp³-hybridized carbons (Fsp3) is 0.368. The number of aromatic hydroxyl groups is 1. The first-order valence-electron chi connectivity index (χ1n) is 8.97. The minimum absolute atomic E-state index is 0.0431. The Balaban J connectivity index is 1.51. The SMILES string of the molecule is Cc1cnn(-c2ccc(-c3ccc(O[C@@H]4CCCC[C@@H]4F)nn3)c(O)c2)n1. The molecule has 0 bridgehead atoms. The third-order valence-electron chi connectivity index (χ3n) is 4.63. The third kappa shape index (κ3) is 3.74. The number of hydrogen-bond donors (Lipinski definition) is 1. The van der Waals surface area contributed by atoms with Crippen LogP contribution in [0.25, 0.3) is 16.9 Å². The molecule has 1 aromatic carbocycles. The average molecular weight is 369 g/mol. The molecule has 0 spiro atoms. The monoisotopic (exact) mass is 369 g/mol. The van der Waals surface area contributed by atoms with Crippen LogP contribution in [0.1, 0.15) is 31.4 Å². The molecule has 27 heavy (non-hydrogen) atoms. The highest BCUT2D eigenvalue weighted by molar-refractivity contribution is 5.68. The van der Waals surface area contributed by atoms with Crippen LogP contribution in [0.4, 0.5) is 4.39 Å². The fourth-order valence-electron chi connectivity index (χ4n) is 3.19. The molecule has 2 atom stereocenters. The summed E-state index contributed by atoms with van der Waals surface area (Å²) < 4.78 is 19.5. The van der Waals surface area contributed by atoms with Crippen LogP contribution in [0.3, 0.4) is 0 Å². The Labute approximate surface area is 155 Å². The van der Waals surface area contributed by atoms with Gasteiger partial charge < -0.3 is 9.84 Å². The lowest BCUT2D eigenvalue weighted by molar-refractivity contribution is 0.0594. The van der Waals surface area contributed by atoms with Gasteiger partial charge >= 0.3 is 0 Å². The van der Waals surface area contributed by atoms with Gasteiger partial charge in [-0.3, -0.25) is 0 Å². The number of phenols is 1. The van der Waals surface area contributed by atoms with Gasteiger partial charge in [0, 0.05) is 17.7 Å². The van der Waals surface area contributed by atoms with Crippen LogP contribution in [0.5, 0.6) is 11.6 Å². The Kier molecular flexibility index (Phi) is 4.70. The molecule has 1 fully saturated rings. The smallest absolute Gasteiger partial charge is 0.233 e. The number of phenolic OH excluding ortho intramolecular Hbond substituents is 1. The Morgan fingerprint density at radius 3 is 2.67 bits per heavy atom. The van der Waals surface area contributed by atoms with E-state index in [2.05, 4.69) is 20.4 Å². The van der Waals surface area contributed by atoms with Gasteiger partial charge in [-0.25, -0.2) is 4.39 Å². The van der Waals surface area contributed by atoms with E-state index < -0.39 is 12.3 Å². The number of halogens is 1. The van der Waals surface area contributed by atoms with E-state index >= 15 is 0 Å². The molecule has 4 rings (SSSR count). The van der Waals surface area contributed by atoms with E-state index in [1.807, 2.05) is 6.92 Å². The van der Waals surface area contributed by atoms with E-state index in [0.29, 0.717) is 35.7 Å². The van der Waals surface area contributed by atoms with Gasteiger partial charge in [-0.15, -0.1) is 10.2 Å². The highest BCUT2D eigenvalue weighted by Gasteiger charge is 2.26. The quantitative estimate of drug-likeness (QED) is 0.759. The van der Waals surface area contributed by atoms with E-state index in [1.165, 1.54) is 4.80 Å². The van der Waals surface area contributed by atoms with E-state index in [4.69, 9.17) is 4.74 Å². The minimum atomic E-state index is -0.962. The molecule has 2 aromatic heterocycles. The summed E-state index contributed by atoms with van der Waals surface area (Å²) in [5, 5.41) is 26.8. The van der Waals surface area contributed by atoms with Crippen molar-refractivity contribution in [2.75, 3.05) is 0 Å². The van der Waals surface area contributed by atoms with Gasteiger partial charge in [0.15, 0.2) is 0 Å². The van der Waals surface area contributed by atoms with Gasteiger partial charge in [-0.2, -0.15) is 15.0 Å². The summed E-state index contributed by atoms with van der Waals surface area (Å²) in [6.07, 6.45) is 3.29. The number of alkyl halides is 1. The third-order valence-corrected chi connectivity index (χ3v) is 4.63. The fourth-order valence-corrected chi connectivity index (χ4v) is 3.19. The number of ether oxygens (including phenoxy) is 1. The van der Waals surface area contributed by atoms with Crippen LogP contribution in [0.2, 0.25) is 0 Å². The van der Waals surface area contributed by atoms with Gasteiger partial charge in [0.25, 0.3) is 0 Å². The van der Waals surface area contributed by atoms with Crippen LogP contribution < -0.4 is 4.74 Å². The number of aryl methyl sites for hydroxylation is 1. The van der Waals surface area contributed by atoms with Crippen LogP contribution in [0.15, 0.2) is 36.5 Å². The molecule has 140 valence electrons. The summed E-state index contributed by atoms with van der Waals surface area (Å²) in [4.78, 5) is 1.44. The number of nitrogens with zero attached hydrogens (tertiary/aromatic N) is 5. The second-order valence-corrected chi connectivity index (χ2v) is 6.69. The molecule has 1 aliphatic carbocycles. The number of benzene rings is 1. The van der Waals surface area contributed by atoms with Crippen LogP contribution in [-0.4, -0.2) is 42.6 Å². The average Bonchev–Trinajstić information content (AvgIpc) is 3.11. The van der Waals surface area contributed by atoms with Gasteiger partial charge in [0.2, 0.25) is 5.88 Å². The predicted octanol–water partition coefficient (Wildman–Crippen LogP) is 3.40. The lowest BCUT2D eigenvalue weighted by atomic mass is 9.96. The lowest BCUT2D eigenvalue weighted by Crippen LogP contribution is -2.32. The van der Waals surface area contributed by atoms with Crippen molar-refractivity contribution in [2.45, 2.75) is 44.9 Å². The molecule has 0 saturated heterocycles. The first-order valence-corrected chi connectivity index (χ1v) is 8.97. The molecule has 0 amide bonds. The molecule has 0 unspecified atom stereocenters. The maximum atomic E-state index is 13.9. The standard InChI is InChI=1S/C19H20FN5O2/c1-12-11-21-25(24-12)13-6-7-14(17(26)10-13)16-8-9-19(23-22-16)27-18-5-3-2-4-15(18)20/h6-11,15,18,26H,2-5H2,1H3/t15-,18+/m0/s1. The van der Waals surface area contributed by atoms with Crippen molar-refractivity contribution in [3.05, 3.63) is 42.2 Å². The first-order chi connectivity index (χ1) is 13.1. The molecular formula is C19H20FN5O2. The molecule has 1 N–H and O–H groups in total. The summed E-state index contributed by atoms with van der Waals surface area (Å²) >= 11 is 0. The molecule has 8 heteroatoms. The summed E-state index contributed by atoms with van der Waals surface area (Å²) in [5.74, 6) is 0.335. The molecular weight excluding hydrogens is 349 g/mol. The van der Waals surface area contributed by atoms with E-state index in [-0.39, 0.29) is 5.75 Å². The zero-order valence-corrected chi connectivity index (χ0v) is 14.9. The van der Waals surface area contributed by atoms with Gasteiger partial charge in [0.1, 0.15) is 18.0 Å². The van der Waals surface area contributed by atoms with Crippen LogP contribution in [-0.2, 0) is 0 Å². The minimum Gasteiger partial charge on any atom is -0.507 e. The summed E-state index contributed by atoms with van der Waals surface area (Å²) in [5.41, 5.74) is 2.45. The van der Waals surface area contributed by atoms with Crippen molar-refractivity contribution < 1.29 is 14.2 Å². The highest BCUT2D eigenvalue weighted by atomic mass is 19.1. The largest absolute Gasteiger partial charge is 0.507 e. The van der Waals surface area contributed by atoms with Crippen LogP contribution >= 0.6 is 0 Å². The maximum Gasteiger partial charge on any atom is 0.233 e. The molecule has 1 saturated carbocycles. The van der Waals surface area contributed by atoms with Crippen molar-refractivity contribution in [2.24, 2.45) is 0 Å². The van der Waals surface area contributed by atoms with Crippen molar-refractivity contribution >= 4 is 0 Å². The van der Waals surface area contributed by atoms with E-state index in [1.54, 1.807) is 36.5 Å². The topological polar surface area (TPSA) is 86.0 Å². The Hall–Kier alpha value is -3.03. The van der Waals surface area contributed by atoms with Crippen molar-refractivity contribution in [3.8, 4) is 28.6 Å². The molecule has 0 aliphatic heterocycles. The highest BCUT2D eigenvalue weighted by Crippen LogP contribution is 2.30. The number of hydrogen-bond acceptors (Lipinski definition) is 6. The Morgan fingerprint density at radius 1 is 1.15 bits per heavy atom. The first kappa shape index (κ1) is 17.4. The van der Waals surface area contributed by atoms with Crippen molar-refractivity contribution in [3.63, 3.8) is 0 Å². The van der Waals surface area contributed by atoms with Gasteiger partial charge in [-0.05, 0) is 44.4 Å². The zero-order valence-electron chi connectivity index (χ0n) is 14.9. The summed E-state index contributed by atoms with van der Waals surface area (Å²) in [7, 11) is 0. The van der Waals surface area contributed by atoms with E-state index in [0.717, 1.165) is 18.5 Å².